The molecule has 0 unspecified atom stereocenters. The summed E-state index contributed by atoms with van der Waals surface area (Å²) in [6.45, 7) is 3.89. The maximum Gasteiger partial charge on any atom is 0.341 e. The van der Waals surface area contributed by atoms with Crippen molar-refractivity contribution in [1.82, 2.24) is 9.97 Å². The van der Waals surface area contributed by atoms with Crippen LogP contribution in [-0.4, -0.2) is 34.2 Å². The number of benzene rings is 1. The molecule has 6 nitrogen and oxygen atoms in total. The number of hydrogen-bond acceptors (Lipinski definition) is 7. The number of thiophene rings is 1. The summed E-state index contributed by atoms with van der Waals surface area (Å²) in [5, 5.41) is 3.87. The fraction of sp³-hybridized carbons (Fsp3) is 0.200. The zero-order chi connectivity index (χ0) is 19.9. The van der Waals surface area contributed by atoms with Crippen LogP contribution in [0.2, 0.25) is 0 Å². The van der Waals surface area contributed by atoms with E-state index in [1.807, 2.05) is 37.3 Å². The molecule has 0 aliphatic carbocycles. The first-order chi connectivity index (χ1) is 13.6. The lowest BCUT2D eigenvalue weighted by Crippen LogP contribution is -2.16. The predicted octanol–water partition coefficient (Wildman–Crippen LogP) is 4.42. The highest BCUT2D eigenvalue weighted by Gasteiger charge is 2.24. The van der Waals surface area contributed by atoms with Crippen molar-refractivity contribution >= 4 is 40.0 Å². The lowest BCUT2D eigenvalue weighted by Gasteiger charge is -2.07. The zero-order valence-corrected chi connectivity index (χ0v) is 17.1. The van der Waals surface area contributed by atoms with Crippen LogP contribution in [0.4, 0.5) is 5.00 Å². The Balaban J connectivity index is 1.84. The first kappa shape index (κ1) is 20.0. The van der Waals surface area contributed by atoms with E-state index in [1.54, 1.807) is 25.4 Å². The van der Waals surface area contributed by atoms with E-state index in [1.165, 1.54) is 23.1 Å². The van der Waals surface area contributed by atoms with Gasteiger partial charge in [0, 0.05) is 17.3 Å². The van der Waals surface area contributed by atoms with Crippen molar-refractivity contribution in [2.45, 2.75) is 19.0 Å². The molecule has 0 atom stereocenters. The van der Waals surface area contributed by atoms with Gasteiger partial charge in [0.25, 0.3) is 0 Å². The number of amides is 1. The van der Waals surface area contributed by atoms with E-state index in [2.05, 4.69) is 15.3 Å². The van der Waals surface area contributed by atoms with Crippen molar-refractivity contribution in [2.75, 3.05) is 17.7 Å². The molecular formula is C20H19N3O3S2. The quantitative estimate of drug-likeness (QED) is 0.351. The number of ether oxygens (including phenoxy) is 1. The van der Waals surface area contributed by atoms with Crippen molar-refractivity contribution in [3.63, 3.8) is 0 Å². The summed E-state index contributed by atoms with van der Waals surface area (Å²) >= 11 is 2.60. The van der Waals surface area contributed by atoms with E-state index in [-0.39, 0.29) is 18.3 Å². The van der Waals surface area contributed by atoms with Gasteiger partial charge in [-0.3, -0.25) is 4.79 Å². The normalized spacial score (nSPS) is 10.5. The summed E-state index contributed by atoms with van der Waals surface area (Å²) in [7, 11) is 0. The number of thioether (sulfide) groups is 1. The number of anilines is 1. The van der Waals surface area contributed by atoms with Gasteiger partial charge in [-0.15, -0.1) is 11.3 Å². The molecule has 0 radical (unpaired) electrons. The first-order valence-corrected chi connectivity index (χ1v) is 10.5. The standard InChI is InChI=1S/C20H19N3O3S2/c1-3-26-19(25)16-13(2)17(14-8-5-4-6-9-14)28-18(16)23-15(24)12-27-20-21-10-7-11-22-20/h4-11H,3,12H2,1-2H3,(H,23,24). The van der Waals surface area contributed by atoms with Crippen LogP contribution >= 0.6 is 23.1 Å². The van der Waals surface area contributed by atoms with Crippen LogP contribution in [0, 0.1) is 6.92 Å². The Bertz CT molecular complexity index is 960. The molecule has 1 aromatic carbocycles. The minimum atomic E-state index is -0.437. The van der Waals surface area contributed by atoms with Crippen molar-refractivity contribution in [2.24, 2.45) is 0 Å². The van der Waals surface area contributed by atoms with Gasteiger partial charge in [-0.05, 0) is 31.0 Å². The van der Waals surface area contributed by atoms with Crippen molar-refractivity contribution < 1.29 is 14.3 Å². The molecule has 2 aromatic heterocycles. The van der Waals surface area contributed by atoms with Crippen LogP contribution in [0.5, 0.6) is 0 Å². The van der Waals surface area contributed by atoms with Gasteiger partial charge >= 0.3 is 5.97 Å². The van der Waals surface area contributed by atoms with Crippen LogP contribution in [0.1, 0.15) is 22.8 Å². The zero-order valence-electron chi connectivity index (χ0n) is 15.5. The van der Waals surface area contributed by atoms with Crippen LogP contribution < -0.4 is 5.32 Å². The average Bonchev–Trinajstić information content (AvgIpc) is 3.04. The molecular weight excluding hydrogens is 394 g/mol. The number of esters is 1. The molecule has 0 saturated carbocycles. The van der Waals surface area contributed by atoms with Gasteiger partial charge in [-0.2, -0.15) is 0 Å². The molecule has 3 rings (SSSR count). The summed E-state index contributed by atoms with van der Waals surface area (Å²) in [5.41, 5.74) is 2.19. The molecule has 2 heterocycles. The van der Waals surface area contributed by atoms with E-state index in [4.69, 9.17) is 4.74 Å². The first-order valence-electron chi connectivity index (χ1n) is 8.65. The topological polar surface area (TPSA) is 81.2 Å². The third-order valence-corrected chi connectivity index (χ3v) is 5.92. The molecule has 1 amide bonds. The smallest absolute Gasteiger partial charge is 0.341 e. The molecule has 1 N–H and O–H groups in total. The Labute approximate surface area is 171 Å². The summed E-state index contributed by atoms with van der Waals surface area (Å²) < 4.78 is 5.20. The number of nitrogens with zero attached hydrogens (tertiary/aromatic N) is 2. The number of nitrogens with one attached hydrogen (secondary N) is 1. The predicted molar refractivity (Wildman–Crippen MR) is 112 cm³/mol. The molecule has 0 aliphatic heterocycles. The second kappa shape index (κ2) is 9.48. The Kier molecular flexibility index (Phi) is 6.78. The van der Waals surface area contributed by atoms with Crippen LogP contribution in [0.25, 0.3) is 10.4 Å². The molecule has 144 valence electrons. The van der Waals surface area contributed by atoms with Crippen molar-refractivity contribution in [3.05, 3.63) is 59.9 Å². The molecule has 0 aliphatic rings. The number of hydrogen-bond donors (Lipinski definition) is 1. The maximum absolute atomic E-state index is 12.5. The lowest BCUT2D eigenvalue weighted by molar-refractivity contribution is -0.113. The van der Waals surface area contributed by atoms with Gasteiger partial charge in [0.2, 0.25) is 5.91 Å². The fourth-order valence-electron chi connectivity index (χ4n) is 2.57. The molecule has 0 bridgehead atoms. The molecule has 28 heavy (non-hydrogen) atoms. The average molecular weight is 414 g/mol. The largest absolute Gasteiger partial charge is 0.462 e. The summed E-state index contributed by atoms with van der Waals surface area (Å²) in [5.74, 6) is -0.527. The monoisotopic (exact) mass is 413 g/mol. The van der Waals surface area contributed by atoms with E-state index in [0.29, 0.717) is 15.7 Å². The Morgan fingerprint density at radius 3 is 2.54 bits per heavy atom. The maximum atomic E-state index is 12.5. The van der Waals surface area contributed by atoms with Gasteiger partial charge in [-0.25, -0.2) is 14.8 Å². The highest BCUT2D eigenvalue weighted by atomic mass is 32.2. The van der Waals surface area contributed by atoms with Crippen LogP contribution in [0.15, 0.2) is 53.9 Å². The van der Waals surface area contributed by atoms with Gasteiger partial charge < -0.3 is 10.1 Å². The van der Waals surface area contributed by atoms with Crippen LogP contribution in [-0.2, 0) is 9.53 Å². The van der Waals surface area contributed by atoms with E-state index in [0.717, 1.165) is 16.0 Å². The van der Waals surface area contributed by atoms with E-state index >= 15 is 0 Å². The Morgan fingerprint density at radius 2 is 1.86 bits per heavy atom. The summed E-state index contributed by atoms with van der Waals surface area (Å²) in [6.07, 6.45) is 3.25. The number of carbonyl (C=O) groups excluding carboxylic acids is 2. The Morgan fingerprint density at radius 1 is 1.14 bits per heavy atom. The lowest BCUT2D eigenvalue weighted by atomic mass is 10.1. The second-order valence-electron chi connectivity index (χ2n) is 5.72. The number of aromatic nitrogens is 2. The van der Waals surface area contributed by atoms with Gasteiger partial charge in [-0.1, -0.05) is 42.1 Å². The molecule has 0 fully saturated rings. The van der Waals surface area contributed by atoms with E-state index in [9.17, 15) is 9.59 Å². The minimum absolute atomic E-state index is 0.143. The van der Waals surface area contributed by atoms with Gasteiger partial charge in [0.1, 0.15) is 5.00 Å². The highest BCUT2D eigenvalue weighted by molar-refractivity contribution is 7.99. The second-order valence-corrected chi connectivity index (χ2v) is 7.68. The number of carbonyl (C=O) groups is 2. The summed E-state index contributed by atoms with van der Waals surface area (Å²) in [4.78, 5) is 34.0. The third kappa shape index (κ3) is 4.76. The third-order valence-electron chi connectivity index (χ3n) is 3.79. The van der Waals surface area contributed by atoms with E-state index < -0.39 is 5.97 Å². The molecule has 0 saturated heterocycles. The van der Waals surface area contributed by atoms with Gasteiger partial charge in [0.15, 0.2) is 5.16 Å². The molecule has 3 aromatic rings. The molecule has 8 heteroatoms. The fourth-order valence-corrected chi connectivity index (χ4v) is 4.39. The summed E-state index contributed by atoms with van der Waals surface area (Å²) in [6, 6.07) is 11.5. The molecule has 0 spiro atoms. The van der Waals surface area contributed by atoms with Crippen molar-refractivity contribution in [3.8, 4) is 10.4 Å². The van der Waals surface area contributed by atoms with Gasteiger partial charge in [0.05, 0.1) is 17.9 Å². The van der Waals surface area contributed by atoms with Crippen molar-refractivity contribution in [1.29, 1.82) is 0 Å². The Hall–Kier alpha value is -2.71. The number of rotatable bonds is 7. The SMILES string of the molecule is CCOC(=O)c1c(NC(=O)CSc2ncccn2)sc(-c2ccccc2)c1C. The minimum Gasteiger partial charge on any atom is -0.462 e. The van der Waals surface area contributed by atoms with Crippen LogP contribution in [0.3, 0.4) is 0 Å². The highest BCUT2D eigenvalue weighted by Crippen LogP contribution is 2.40.